The van der Waals surface area contributed by atoms with Gasteiger partial charge in [-0.3, -0.25) is 9.78 Å². The number of phenolic OH excluding ortho intramolecular Hbond substituents is 1. The van der Waals surface area contributed by atoms with Crippen molar-refractivity contribution in [3.63, 3.8) is 0 Å². The summed E-state index contributed by atoms with van der Waals surface area (Å²) in [5.41, 5.74) is -0.135. The highest BCUT2D eigenvalue weighted by Gasteiger charge is 2.10. The molecule has 92 valence electrons. The third-order valence-corrected chi connectivity index (χ3v) is 2.17. The van der Waals surface area contributed by atoms with Gasteiger partial charge in [-0.25, -0.2) is 8.78 Å². The third-order valence-electron chi connectivity index (χ3n) is 2.17. The van der Waals surface area contributed by atoms with Crippen LogP contribution in [0.2, 0.25) is 0 Å². The van der Waals surface area contributed by atoms with E-state index in [0.29, 0.717) is 0 Å². The molecule has 0 aliphatic carbocycles. The zero-order chi connectivity index (χ0) is 13.1. The van der Waals surface area contributed by atoms with E-state index in [1.807, 2.05) is 0 Å². The number of anilines is 1. The van der Waals surface area contributed by atoms with Gasteiger partial charge in [0.05, 0.1) is 17.4 Å². The Morgan fingerprint density at radius 3 is 2.67 bits per heavy atom. The number of phenols is 1. The quantitative estimate of drug-likeness (QED) is 0.804. The number of aromatic hydroxyl groups is 1. The number of carbonyl (C=O) groups excluding carboxylic acids is 1. The molecular formula is C12H8F2N2O2. The molecule has 2 rings (SSSR count). The molecule has 1 heterocycles. The van der Waals surface area contributed by atoms with Gasteiger partial charge in [0, 0.05) is 12.3 Å². The normalized spacial score (nSPS) is 10.1. The van der Waals surface area contributed by atoms with Crippen molar-refractivity contribution < 1.29 is 18.7 Å². The van der Waals surface area contributed by atoms with Crippen LogP contribution in [0.3, 0.4) is 0 Å². The number of halogens is 2. The largest absolute Gasteiger partial charge is 0.508 e. The minimum atomic E-state index is -0.785. The predicted octanol–water partition coefficient (Wildman–Crippen LogP) is 2.32. The van der Waals surface area contributed by atoms with Gasteiger partial charge < -0.3 is 10.4 Å². The molecule has 18 heavy (non-hydrogen) atoms. The summed E-state index contributed by atoms with van der Waals surface area (Å²) < 4.78 is 26.2. The molecule has 0 spiro atoms. The molecule has 1 aromatic carbocycles. The van der Waals surface area contributed by atoms with E-state index >= 15 is 0 Å². The third kappa shape index (κ3) is 2.60. The minimum absolute atomic E-state index is 0.0255. The summed E-state index contributed by atoms with van der Waals surface area (Å²) in [6.07, 6.45) is 2.12. The van der Waals surface area contributed by atoms with Crippen LogP contribution in [-0.2, 0) is 0 Å². The Labute approximate surface area is 101 Å². The SMILES string of the molecule is O=C(Nc1ccc(O)cc1F)c1cncc(F)c1. The van der Waals surface area contributed by atoms with Gasteiger partial charge in [-0.05, 0) is 18.2 Å². The number of hydrogen-bond acceptors (Lipinski definition) is 3. The fourth-order valence-corrected chi connectivity index (χ4v) is 1.34. The molecule has 0 saturated heterocycles. The van der Waals surface area contributed by atoms with Gasteiger partial charge in [0.15, 0.2) is 0 Å². The van der Waals surface area contributed by atoms with Crippen LogP contribution in [0.1, 0.15) is 10.4 Å². The maximum Gasteiger partial charge on any atom is 0.257 e. The number of nitrogens with zero attached hydrogens (tertiary/aromatic N) is 1. The molecular weight excluding hydrogens is 242 g/mol. The van der Waals surface area contributed by atoms with Crippen LogP contribution in [0.25, 0.3) is 0 Å². The lowest BCUT2D eigenvalue weighted by Gasteiger charge is -2.06. The molecule has 0 saturated carbocycles. The van der Waals surface area contributed by atoms with E-state index in [2.05, 4.69) is 10.3 Å². The maximum atomic E-state index is 13.3. The van der Waals surface area contributed by atoms with Crippen LogP contribution >= 0.6 is 0 Å². The predicted molar refractivity (Wildman–Crippen MR) is 60.2 cm³/mol. The number of amides is 1. The highest BCUT2D eigenvalue weighted by molar-refractivity contribution is 6.04. The standard InChI is InChI=1S/C12H8F2N2O2/c13-8-3-7(5-15-6-8)12(18)16-11-2-1-9(17)4-10(11)14/h1-6,17H,(H,16,18). The summed E-state index contributed by atoms with van der Waals surface area (Å²) in [5, 5.41) is 11.3. The van der Waals surface area contributed by atoms with Crippen molar-refractivity contribution in [2.75, 3.05) is 5.32 Å². The van der Waals surface area contributed by atoms with E-state index in [-0.39, 0.29) is 17.0 Å². The zero-order valence-corrected chi connectivity index (χ0v) is 9.02. The van der Waals surface area contributed by atoms with E-state index in [1.165, 1.54) is 12.1 Å². The smallest absolute Gasteiger partial charge is 0.257 e. The Balaban J connectivity index is 2.21. The molecule has 0 aliphatic rings. The molecule has 0 fully saturated rings. The average molecular weight is 250 g/mol. The highest BCUT2D eigenvalue weighted by atomic mass is 19.1. The van der Waals surface area contributed by atoms with Gasteiger partial charge in [-0.15, -0.1) is 0 Å². The van der Waals surface area contributed by atoms with Crippen LogP contribution < -0.4 is 5.32 Å². The monoisotopic (exact) mass is 250 g/mol. The molecule has 0 unspecified atom stereocenters. The number of aromatic nitrogens is 1. The van der Waals surface area contributed by atoms with Gasteiger partial charge in [0.1, 0.15) is 17.4 Å². The average Bonchev–Trinajstić information content (AvgIpc) is 2.32. The summed E-state index contributed by atoms with van der Waals surface area (Å²) in [4.78, 5) is 15.2. The van der Waals surface area contributed by atoms with Crippen molar-refractivity contribution in [2.45, 2.75) is 0 Å². The number of nitrogens with one attached hydrogen (secondary N) is 1. The fraction of sp³-hybridized carbons (Fsp3) is 0. The van der Waals surface area contributed by atoms with Gasteiger partial charge in [-0.1, -0.05) is 0 Å². The second-order valence-corrected chi connectivity index (χ2v) is 3.51. The fourth-order valence-electron chi connectivity index (χ4n) is 1.34. The Hall–Kier alpha value is -2.50. The van der Waals surface area contributed by atoms with Crippen LogP contribution in [0, 0.1) is 11.6 Å². The van der Waals surface area contributed by atoms with Gasteiger partial charge in [0.25, 0.3) is 5.91 Å². The maximum absolute atomic E-state index is 13.3. The van der Waals surface area contributed by atoms with Crippen LogP contribution in [0.4, 0.5) is 14.5 Å². The summed E-state index contributed by atoms with van der Waals surface area (Å²) in [6.45, 7) is 0. The Morgan fingerprint density at radius 2 is 2.00 bits per heavy atom. The zero-order valence-electron chi connectivity index (χ0n) is 9.02. The van der Waals surface area contributed by atoms with E-state index in [1.54, 1.807) is 0 Å². The summed E-state index contributed by atoms with van der Waals surface area (Å²) >= 11 is 0. The van der Waals surface area contributed by atoms with Crippen LogP contribution in [0.5, 0.6) is 5.75 Å². The summed E-state index contributed by atoms with van der Waals surface area (Å²) in [7, 11) is 0. The summed E-state index contributed by atoms with van der Waals surface area (Å²) in [6, 6.07) is 4.28. The number of benzene rings is 1. The topological polar surface area (TPSA) is 62.2 Å². The first kappa shape index (κ1) is 12.0. The van der Waals surface area contributed by atoms with Gasteiger partial charge in [-0.2, -0.15) is 0 Å². The van der Waals surface area contributed by atoms with Crippen molar-refractivity contribution in [3.8, 4) is 5.75 Å². The number of hydrogen-bond donors (Lipinski definition) is 2. The molecule has 1 aromatic heterocycles. The van der Waals surface area contributed by atoms with Crippen molar-refractivity contribution in [3.05, 3.63) is 53.9 Å². The molecule has 6 heteroatoms. The lowest BCUT2D eigenvalue weighted by molar-refractivity contribution is 0.102. The number of pyridine rings is 1. The summed E-state index contributed by atoms with van der Waals surface area (Å²) in [5.74, 6) is -2.38. The van der Waals surface area contributed by atoms with E-state index in [9.17, 15) is 13.6 Å². The van der Waals surface area contributed by atoms with E-state index in [4.69, 9.17) is 5.11 Å². The van der Waals surface area contributed by atoms with Gasteiger partial charge in [0.2, 0.25) is 0 Å². The Bertz CT molecular complexity index is 602. The second-order valence-electron chi connectivity index (χ2n) is 3.51. The number of carbonyl (C=O) groups is 1. The highest BCUT2D eigenvalue weighted by Crippen LogP contribution is 2.20. The number of rotatable bonds is 2. The van der Waals surface area contributed by atoms with Crippen molar-refractivity contribution in [2.24, 2.45) is 0 Å². The minimum Gasteiger partial charge on any atom is -0.508 e. The second kappa shape index (κ2) is 4.79. The molecule has 4 nitrogen and oxygen atoms in total. The lowest BCUT2D eigenvalue weighted by Crippen LogP contribution is -2.13. The van der Waals surface area contributed by atoms with E-state index < -0.39 is 17.5 Å². The van der Waals surface area contributed by atoms with Crippen molar-refractivity contribution >= 4 is 11.6 Å². The van der Waals surface area contributed by atoms with Crippen LogP contribution in [0.15, 0.2) is 36.7 Å². The molecule has 1 amide bonds. The first-order valence-electron chi connectivity index (χ1n) is 4.96. The molecule has 2 aromatic rings. The Kier molecular flexibility index (Phi) is 3.18. The van der Waals surface area contributed by atoms with Crippen LogP contribution in [-0.4, -0.2) is 16.0 Å². The molecule has 0 atom stereocenters. The molecule has 0 aliphatic heterocycles. The van der Waals surface area contributed by atoms with Gasteiger partial charge >= 0.3 is 0 Å². The van der Waals surface area contributed by atoms with Crippen molar-refractivity contribution in [1.82, 2.24) is 4.98 Å². The van der Waals surface area contributed by atoms with Crippen molar-refractivity contribution in [1.29, 1.82) is 0 Å². The molecule has 0 bridgehead atoms. The molecule has 0 radical (unpaired) electrons. The molecule has 2 N–H and O–H groups in total. The first-order chi connectivity index (χ1) is 8.56. The first-order valence-corrected chi connectivity index (χ1v) is 4.96. The Morgan fingerprint density at radius 1 is 1.22 bits per heavy atom. The lowest BCUT2D eigenvalue weighted by atomic mass is 10.2. The van der Waals surface area contributed by atoms with E-state index in [0.717, 1.165) is 24.5 Å².